The van der Waals surface area contributed by atoms with Crippen LogP contribution in [0.4, 0.5) is 0 Å². The van der Waals surface area contributed by atoms with Crippen molar-refractivity contribution < 1.29 is 139 Å². The van der Waals surface area contributed by atoms with Crippen LogP contribution in [0, 0.1) is 0 Å². The average molecular weight is 1640 g/mol. The molecule has 0 aliphatic heterocycles. The number of hydrogen-bond donors (Lipinski definition) is 0. The van der Waals surface area contributed by atoms with Crippen LogP contribution in [0.5, 0.6) is 0 Å². The van der Waals surface area contributed by atoms with Gasteiger partial charge in [0.2, 0.25) is 38.5 Å². The Morgan fingerprint density at radius 1 is 0.207 bits per heavy atom. The zero-order valence-corrected chi connectivity index (χ0v) is 65.3. The molecule has 30 nitrogen and oxygen atoms in total. The summed E-state index contributed by atoms with van der Waals surface area (Å²) in [6.45, 7) is 0. The zero-order valence-electron chi connectivity index (χ0n) is 62.0. The summed E-state index contributed by atoms with van der Waals surface area (Å²) in [6, 6.07) is 62.9. The molecule has 582 valence electrons. The standard InChI is InChI=1S/6C10H7NO2.6C3H7NO.3Fe/c6*12-10(13)9-6-5-7-3-1-2-4-8(7)11-9;6*1-4(2)3-5;;;/h6*1-6H,(H,12,13);6*3H,1-2H3;;;/q;;;;;;;;;;;;3*+2/p-6. The van der Waals surface area contributed by atoms with Gasteiger partial charge < -0.3 is 88.8 Å². The molecule has 12 aromatic rings. The van der Waals surface area contributed by atoms with Crippen molar-refractivity contribution in [3.63, 3.8) is 0 Å². The molecule has 0 spiro atoms. The number of aromatic carboxylic acids is 6. The van der Waals surface area contributed by atoms with E-state index in [0.29, 0.717) is 33.1 Å². The van der Waals surface area contributed by atoms with Crippen molar-refractivity contribution in [2.24, 2.45) is 0 Å². The number of aromatic nitrogens is 6. The van der Waals surface area contributed by atoms with E-state index in [9.17, 15) is 88.2 Å². The maximum absolute atomic E-state index is 10.5. The average Bonchev–Trinajstić information content (AvgIpc) is 0.882. The van der Waals surface area contributed by atoms with Crippen molar-refractivity contribution in [3.8, 4) is 0 Å². The van der Waals surface area contributed by atoms with Crippen LogP contribution in [0.2, 0.25) is 0 Å². The van der Waals surface area contributed by atoms with Crippen LogP contribution in [0.25, 0.3) is 65.4 Å². The SMILES string of the molecule is CN(C)C=O.CN(C)C=O.CN(C)C=O.CN(C)C=O.CN(C)C=O.CN(C)C=O.O=C([O-])c1ccc2ccccc2n1.O=C([O-])c1ccc2ccccc2n1.O=C([O-])c1ccc2ccccc2n1.O=C([O-])c1ccc2ccccc2n1.O=C([O-])c1ccc2ccccc2n1.O=C([O-])c1ccc2ccccc2n1.[Fe+2].[Fe+2].[Fe+2]. The minimum Gasteiger partial charge on any atom is -0.543 e. The number of carboxylic acids is 6. The van der Waals surface area contributed by atoms with Gasteiger partial charge in [0.05, 0.1) is 103 Å². The van der Waals surface area contributed by atoms with Gasteiger partial charge in [-0.3, -0.25) is 28.8 Å². The quantitative estimate of drug-likeness (QED) is 0.124. The Balaban J connectivity index is -0.00000117. The van der Waals surface area contributed by atoms with Gasteiger partial charge in [-0.25, -0.2) is 29.9 Å². The van der Waals surface area contributed by atoms with E-state index < -0.39 is 35.8 Å². The number of carbonyl (C=O) groups is 12. The maximum Gasteiger partial charge on any atom is 2.00 e. The first-order valence-electron chi connectivity index (χ1n) is 31.4. The monoisotopic (exact) mass is 1640 g/mol. The van der Waals surface area contributed by atoms with E-state index in [1.165, 1.54) is 65.8 Å². The number of nitrogens with zero attached hydrogens (tertiary/aromatic N) is 12. The predicted molar refractivity (Wildman–Crippen MR) is 395 cm³/mol. The normalized spacial score (nSPS) is 8.97. The zero-order chi connectivity index (χ0) is 81.3. The molecule has 0 aliphatic carbocycles. The van der Waals surface area contributed by atoms with E-state index in [2.05, 4.69) is 29.9 Å². The molecule has 0 N–H and O–H groups in total. The molecule has 0 aliphatic rings. The van der Waals surface area contributed by atoms with Gasteiger partial charge in [0.25, 0.3) is 0 Å². The van der Waals surface area contributed by atoms with Gasteiger partial charge in [-0.05, 0) is 72.8 Å². The third-order valence-corrected chi connectivity index (χ3v) is 12.1. The van der Waals surface area contributed by atoms with Crippen LogP contribution < -0.4 is 30.6 Å². The summed E-state index contributed by atoms with van der Waals surface area (Å²) in [6.07, 6.45) is 4.50. The summed E-state index contributed by atoms with van der Waals surface area (Å²) < 4.78 is 0. The molecule has 0 radical (unpaired) electrons. The van der Waals surface area contributed by atoms with Crippen molar-refractivity contribution in [1.82, 2.24) is 59.3 Å². The first-order chi connectivity index (χ1) is 51.2. The van der Waals surface area contributed by atoms with Gasteiger partial charge in [-0.2, -0.15) is 0 Å². The Morgan fingerprint density at radius 2 is 0.306 bits per heavy atom. The van der Waals surface area contributed by atoms with Crippen LogP contribution in [-0.2, 0) is 80.0 Å². The van der Waals surface area contributed by atoms with Crippen molar-refractivity contribution in [2.75, 3.05) is 84.6 Å². The van der Waals surface area contributed by atoms with Gasteiger partial charge in [0, 0.05) is 117 Å². The predicted octanol–water partition coefficient (Wildman–Crippen LogP) is 1.81. The number of hydrogen-bond acceptors (Lipinski definition) is 24. The van der Waals surface area contributed by atoms with Crippen LogP contribution in [-0.4, -0.2) is 218 Å². The molecular weight excluding hydrogens is 1560 g/mol. The number of benzene rings is 6. The number of carbonyl (C=O) groups excluding carboxylic acids is 12. The second-order valence-corrected chi connectivity index (χ2v) is 22.5. The van der Waals surface area contributed by atoms with E-state index in [4.69, 9.17) is 0 Å². The van der Waals surface area contributed by atoms with Crippen LogP contribution >= 0.6 is 0 Å². The summed E-state index contributed by atoms with van der Waals surface area (Å²) >= 11 is 0. The van der Waals surface area contributed by atoms with E-state index in [-0.39, 0.29) is 85.4 Å². The molecule has 0 atom stereocenters. The number of pyridine rings is 6. The first kappa shape index (κ1) is 102. The number of para-hydroxylation sites is 6. The molecule has 6 amide bonds. The van der Waals surface area contributed by atoms with Gasteiger partial charge >= 0.3 is 51.2 Å². The molecule has 0 unspecified atom stereocenters. The molecule has 111 heavy (non-hydrogen) atoms. The Morgan fingerprint density at radius 3 is 0.396 bits per heavy atom. The fourth-order valence-corrected chi connectivity index (χ4v) is 7.08. The third kappa shape index (κ3) is 42.8. The molecule has 0 fully saturated rings. The molecule has 0 saturated heterocycles. The largest absolute Gasteiger partial charge is 2.00 e. The number of carboxylic acid groups (broad SMARTS) is 6. The van der Waals surface area contributed by atoms with Crippen molar-refractivity contribution in [3.05, 3.63) is 253 Å². The summed E-state index contributed by atoms with van der Waals surface area (Å²) in [5.74, 6) is -7.47. The van der Waals surface area contributed by atoms with E-state index in [1.807, 2.05) is 109 Å². The molecule has 0 saturated carbocycles. The Kier molecular flexibility index (Phi) is 52.6. The second kappa shape index (κ2) is 57.2. The summed E-state index contributed by atoms with van der Waals surface area (Å²) in [4.78, 5) is 152. The fraction of sp³-hybridized carbons (Fsp3) is 0.154. The Bertz CT molecular complexity index is 4120. The molecule has 33 heteroatoms. The van der Waals surface area contributed by atoms with Crippen LogP contribution in [0.3, 0.4) is 0 Å². The topological polar surface area (TPSA) is 440 Å². The van der Waals surface area contributed by atoms with E-state index in [0.717, 1.165) is 70.8 Å². The van der Waals surface area contributed by atoms with E-state index in [1.54, 1.807) is 157 Å². The maximum atomic E-state index is 10.5. The fourth-order valence-electron chi connectivity index (χ4n) is 7.08. The molecule has 6 aromatic carbocycles. The summed E-state index contributed by atoms with van der Waals surface area (Å²) in [5.41, 5.74) is 3.85. The van der Waals surface area contributed by atoms with Crippen molar-refractivity contribution in [2.45, 2.75) is 0 Å². The first-order valence-corrected chi connectivity index (χ1v) is 31.4. The molecule has 6 heterocycles. The second-order valence-electron chi connectivity index (χ2n) is 22.5. The Labute approximate surface area is 671 Å². The smallest absolute Gasteiger partial charge is 0.543 e. The summed E-state index contributed by atoms with van der Waals surface area (Å²) in [7, 11) is 20.2. The van der Waals surface area contributed by atoms with Crippen molar-refractivity contribution >= 4 is 140 Å². The summed E-state index contributed by atoms with van der Waals surface area (Å²) in [5, 5.41) is 68.4. The van der Waals surface area contributed by atoms with Gasteiger partial charge in [0.15, 0.2) is 0 Å². The Hall–Kier alpha value is -13.0. The van der Waals surface area contributed by atoms with Crippen LogP contribution in [0.1, 0.15) is 62.9 Å². The van der Waals surface area contributed by atoms with Gasteiger partial charge in [-0.1, -0.05) is 146 Å². The van der Waals surface area contributed by atoms with Crippen LogP contribution in [0.15, 0.2) is 218 Å². The van der Waals surface area contributed by atoms with Crippen molar-refractivity contribution in [1.29, 1.82) is 0 Å². The molecule has 6 aromatic heterocycles. The number of fused-ring (bicyclic) bond motifs is 6. The van der Waals surface area contributed by atoms with E-state index >= 15 is 0 Å². The number of amides is 6. The third-order valence-electron chi connectivity index (χ3n) is 12.1. The minimum atomic E-state index is -1.24. The van der Waals surface area contributed by atoms with Gasteiger partial charge in [-0.15, -0.1) is 0 Å². The molecule has 12 rings (SSSR count). The number of rotatable bonds is 12. The molecular formula is C78H78Fe3N12O18. The molecule has 0 bridgehead atoms. The van der Waals surface area contributed by atoms with Gasteiger partial charge in [0.1, 0.15) is 0 Å². The minimum absolute atomic E-state index is 0.